The number of hydrogen-bond donors (Lipinski definition) is 3. The van der Waals surface area contributed by atoms with Gasteiger partial charge in [0.25, 0.3) is 0 Å². The number of carboxylic acid groups (broad SMARTS) is 2. The van der Waals surface area contributed by atoms with Crippen molar-refractivity contribution in [2.24, 2.45) is 0 Å². The lowest BCUT2D eigenvalue weighted by Gasteiger charge is -1.95. The van der Waals surface area contributed by atoms with Gasteiger partial charge in [-0.3, -0.25) is 0 Å². The predicted molar refractivity (Wildman–Crippen MR) is 49.8 cm³/mol. The first-order valence-electron chi connectivity index (χ1n) is 3.60. The first-order valence-corrected chi connectivity index (χ1v) is 3.60. The van der Waals surface area contributed by atoms with Gasteiger partial charge in [-0.05, 0) is 28.6 Å². The average molecular weight is 209 g/mol. The van der Waals surface area contributed by atoms with Crippen LogP contribution in [-0.2, 0) is 0 Å². The van der Waals surface area contributed by atoms with E-state index in [0.717, 1.165) is 6.07 Å². The molecule has 0 saturated carbocycles. The molecule has 0 aliphatic rings. The van der Waals surface area contributed by atoms with Crippen LogP contribution in [0.1, 0.15) is 20.7 Å². The van der Waals surface area contributed by atoms with Crippen molar-refractivity contribution < 1.29 is 19.8 Å². The van der Waals surface area contributed by atoms with Crippen molar-refractivity contribution in [3.8, 4) is 0 Å². The third-order valence-corrected chi connectivity index (χ3v) is 1.36. The van der Waals surface area contributed by atoms with Crippen molar-refractivity contribution in [2.45, 2.75) is 0 Å². The summed E-state index contributed by atoms with van der Waals surface area (Å²) in [6.07, 6.45) is 0. The maximum atomic E-state index is 10.4. The van der Waals surface area contributed by atoms with Crippen LogP contribution in [0.2, 0.25) is 0 Å². The maximum absolute atomic E-state index is 10.4. The van der Waals surface area contributed by atoms with Crippen LogP contribution in [0, 0.1) is 5.53 Å². The monoisotopic (exact) mass is 209 g/mol. The van der Waals surface area contributed by atoms with Gasteiger partial charge in [-0.25, -0.2) is 9.59 Å². The molecule has 0 aliphatic heterocycles. The third kappa shape index (κ3) is 4.30. The van der Waals surface area contributed by atoms with E-state index >= 15 is 0 Å². The number of carbonyl (C=O) groups is 2. The zero-order valence-electron chi connectivity index (χ0n) is 7.41. The van der Waals surface area contributed by atoms with Gasteiger partial charge in [0.15, 0.2) is 0 Å². The highest BCUT2D eigenvalue weighted by Gasteiger charge is 2.06. The van der Waals surface area contributed by atoms with Gasteiger partial charge in [-0.2, -0.15) is 0 Å². The standard InChI is InChI=1S/C8H6O4.HN3/c9-7(10)5-2-1-3-6(4-5)8(11)12;1-3-2/h1-4H,(H,9,10)(H,11,12);1H. The molecule has 15 heavy (non-hydrogen) atoms. The minimum Gasteiger partial charge on any atom is -0.478 e. The summed E-state index contributed by atoms with van der Waals surface area (Å²) in [6.45, 7) is 0. The minimum absolute atomic E-state index is 0.0186. The number of nitrogens with zero attached hydrogens (tertiary/aromatic N) is 2. The number of rotatable bonds is 2. The lowest BCUT2D eigenvalue weighted by atomic mass is 10.1. The van der Waals surface area contributed by atoms with Gasteiger partial charge in [-0.15, -0.1) is 5.53 Å². The highest BCUT2D eigenvalue weighted by Crippen LogP contribution is 2.04. The van der Waals surface area contributed by atoms with E-state index in [1.54, 1.807) is 4.91 Å². The van der Waals surface area contributed by atoms with E-state index < -0.39 is 11.9 Å². The summed E-state index contributed by atoms with van der Waals surface area (Å²) >= 11 is 0. The van der Waals surface area contributed by atoms with E-state index in [1.807, 2.05) is 0 Å². The lowest BCUT2D eigenvalue weighted by molar-refractivity contribution is 0.0696. The zero-order valence-corrected chi connectivity index (χ0v) is 7.41. The topological polar surface area (TPSA) is 135 Å². The van der Waals surface area contributed by atoms with Crippen LogP contribution in [0.25, 0.3) is 10.4 Å². The van der Waals surface area contributed by atoms with Crippen molar-refractivity contribution in [2.75, 3.05) is 0 Å². The van der Waals surface area contributed by atoms with Gasteiger partial charge in [-0.1, -0.05) is 6.07 Å². The molecule has 0 aliphatic carbocycles. The Balaban J connectivity index is 0.000000583. The summed E-state index contributed by atoms with van der Waals surface area (Å²) in [4.78, 5) is 22.5. The molecule has 0 spiro atoms. The molecule has 1 rings (SSSR count). The molecule has 0 heterocycles. The van der Waals surface area contributed by atoms with Crippen LogP contribution >= 0.6 is 0 Å². The smallest absolute Gasteiger partial charge is 0.335 e. The van der Waals surface area contributed by atoms with E-state index in [2.05, 4.69) is 0 Å². The summed E-state index contributed by atoms with van der Waals surface area (Å²) in [6, 6.07) is 5.20. The second kappa shape index (κ2) is 6.01. The van der Waals surface area contributed by atoms with Gasteiger partial charge in [0.05, 0.1) is 11.1 Å². The second-order valence-electron chi connectivity index (χ2n) is 2.29. The van der Waals surface area contributed by atoms with Crippen LogP contribution in [-0.4, -0.2) is 22.2 Å². The average Bonchev–Trinajstić information content (AvgIpc) is 2.19. The molecule has 7 heteroatoms. The van der Waals surface area contributed by atoms with Crippen molar-refractivity contribution in [3.05, 3.63) is 45.8 Å². The number of hydrogen-bond acceptors (Lipinski definition) is 3. The third-order valence-electron chi connectivity index (χ3n) is 1.36. The van der Waals surface area contributed by atoms with Crippen LogP contribution in [0.15, 0.2) is 24.3 Å². The Hall–Kier alpha value is -2.53. The van der Waals surface area contributed by atoms with E-state index in [0.29, 0.717) is 0 Å². The first-order chi connectivity index (χ1) is 7.02. The Morgan fingerprint density at radius 2 is 1.53 bits per heavy atom. The summed E-state index contributed by atoms with van der Waals surface area (Å²) in [7, 11) is 0. The molecular formula is C8H7N3O4. The van der Waals surface area contributed by atoms with Crippen LogP contribution in [0.3, 0.4) is 0 Å². The van der Waals surface area contributed by atoms with Crippen molar-refractivity contribution in [3.63, 3.8) is 0 Å². The predicted octanol–water partition coefficient (Wildman–Crippen LogP) is 1.96. The largest absolute Gasteiger partial charge is 0.478 e. The lowest BCUT2D eigenvalue weighted by Crippen LogP contribution is -2.01. The molecule has 0 bridgehead atoms. The molecule has 0 saturated heterocycles. The summed E-state index contributed by atoms with van der Waals surface area (Å²) in [5.74, 6) is -2.25. The van der Waals surface area contributed by atoms with Gasteiger partial charge in [0.1, 0.15) is 0 Å². The fourth-order valence-corrected chi connectivity index (χ4v) is 0.785. The molecule has 0 fully saturated rings. The Bertz CT molecular complexity index is 381. The Kier molecular flexibility index (Phi) is 4.99. The van der Waals surface area contributed by atoms with Crippen molar-refractivity contribution in [1.29, 1.82) is 5.53 Å². The van der Waals surface area contributed by atoms with Crippen LogP contribution in [0.5, 0.6) is 0 Å². The van der Waals surface area contributed by atoms with Crippen molar-refractivity contribution >= 4 is 11.9 Å². The van der Waals surface area contributed by atoms with Gasteiger partial charge < -0.3 is 10.2 Å². The molecule has 3 N–H and O–H groups in total. The zero-order chi connectivity index (χ0) is 11.8. The van der Waals surface area contributed by atoms with E-state index in [4.69, 9.17) is 21.3 Å². The highest BCUT2D eigenvalue weighted by atomic mass is 16.4. The summed E-state index contributed by atoms with van der Waals surface area (Å²) in [5, 5.41) is 17.0. The fraction of sp³-hybridized carbons (Fsp3) is 0. The number of aromatic carboxylic acids is 2. The fourth-order valence-electron chi connectivity index (χ4n) is 0.785. The number of benzene rings is 1. The molecular weight excluding hydrogens is 202 g/mol. The Morgan fingerprint density at radius 1 is 1.20 bits per heavy atom. The van der Waals surface area contributed by atoms with Gasteiger partial charge >= 0.3 is 11.9 Å². The quantitative estimate of drug-likeness (QED) is 0.389. The van der Waals surface area contributed by atoms with E-state index in [1.165, 1.54) is 18.2 Å². The molecule has 0 atom stereocenters. The Labute approximate surface area is 84.0 Å². The second-order valence-corrected chi connectivity index (χ2v) is 2.29. The molecule has 0 aromatic heterocycles. The molecule has 0 radical (unpaired) electrons. The maximum Gasteiger partial charge on any atom is 0.335 e. The summed E-state index contributed by atoms with van der Waals surface area (Å²) in [5.41, 5.74) is 12.2. The molecule has 78 valence electrons. The SMILES string of the molecule is O=C(O)c1cccc(C(=O)O)c1.[N-]=[N+]=N. The number of nitrogens with one attached hydrogen (secondary N) is 1. The Morgan fingerprint density at radius 3 is 1.80 bits per heavy atom. The molecule has 7 nitrogen and oxygen atoms in total. The minimum atomic E-state index is -1.13. The first kappa shape index (κ1) is 12.5. The van der Waals surface area contributed by atoms with Crippen LogP contribution < -0.4 is 0 Å². The van der Waals surface area contributed by atoms with Gasteiger partial charge in [0, 0.05) is 0 Å². The highest BCUT2D eigenvalue weighted by molar-refractivity contribution is 5.93. The molecule has 0 unspecified atom stereocenters. The molecule has 0 amide bonds. The molecule has 1 aromatic rings. The van der Waals surface area contributed by atoms with E-state index in [-0.39, 0.29) is 11.1 Å². The number of carboxylic acids is 2. The summed E-state index contributed by atoms with van der Waals surface area (Å²) < 4.78 is 0. The van der Waals surface area contributed by atoms with E-state index in [9.17, 15) is 9.59 Å². The van der Waals surface area contributed by atoms with Gasteiger partial charge in [0.2, 0.25) is 0 Å². The van der Waals surface area contributed by atoms with Crippen LogP contribution in [0.4, 0.5) is 0 Å². The normalized spacial score (nSPS) is 8.00. The van der Waals surface area contributed by atoms with Crippen molar-refractivity contribution in [1.82, 2.24) is 0 Å². The molecule has 1 aromatic carbocycles.